The Kier molecular flexibility index (Phi) is 3.85. The van der Waals surface area contributed by atoms with E-state index in [0.29, 0.717) is 18.4 Å². The Bertz CT molecular complexity index is 515. The first-order valence-corrected chi connectivity index (χ1v) is 8.88. The number of halogens is 1. The molecule has 0 radical (unpaired) electrons. The second kappa shape index (κ2) is 4.82. The smallest absolute Gasteiger partial charge is 0.398 e. The van der Waals surface area contributed by atoms with Gasteiger partial charge in [-0.2, -0.15) is 0 Å². The molecule has 1 heterocycles. The van der Waals surface area contributed by atoms with Gasteiger partial charge < -0.3 is 9.31 Å². The van der Waals surface area contributed by atoms with Crippen LogP contribution in [0.25, 0.3) is 0 Å². The average Bonchev–Trinajstić information content (AvgIpc) is 2.39. The minimum atomic E-state index is -3.00. The van der Waals surface area contributed by atoms with Crippen molar-refractivity contribution in [1.29, 1.82) is 0 Å². The van der Waals surface area contributed by atoms with E-state index in [-0.39, 0.29) is 17.4 Å². The Morgan fingerprint density at radius 2 is 1.70 bits per heavy atom. The molecule has 0 unspecified atom stereocenters. The molecule has 0 amide bonds. The fourth-order valence-corrected chi connectivity index (χ4v) is 3.58. The second-order valence-corrected chi connectivity index (χ2v) is 9.09. The molecular formula is C13H22BFO4S. The molecule has 1 aliphatic carbocycles. The van der Waals surface area contributed by atoms with Gasteiger partial charge in [0.1, 0.15) is 15.6 Å². The third-order valence-corrected chi connectivity index (χ3v) is 5.48. The molecule has 20 heavy (non-hydrogen) atoms. The van der Waals surface area contributed by atoms with E-state index < -0.39 is 28.2 Å². The standard InChI is InChI=1S/C13H22BFO4S/c1-12(2)13(3,4)19-14(18-12)11(15)10-6-9(7-10)8-20(5,16)17/h9H,6-8H2,1-5H3. The van der Waals surface area contributed by atoms with Gasteiger partial charge in [0.15, 0.2) is 0 Å². The first kappa shape index (κ1) is 16.0. The van der Waals surface area contributed by atoms with E-state index in [4.69, 9.17) is 9.31 Å². The second-order valence-electron chi connectivity index (χ2n) is 6.91. The van der Waals surface area contributed by atoms with Crippen molar-refractivity contribution in [1.82, 2.24) is 0 Å². The van der Waals surface area contributed by atoms with Gasteiger partial charge in [-0.3, -0.25) is 0 Å². The van der Waals surface area contributed by atoms with Crippen LogP contribution in [0, 0.1) is 5.92 Å². The zero-order valence-electron chi connectivity index (χ0n) is 12.7. The number of allylic oxidation sites excluding steroid dienone is 1. The number of sulfone groups is 1. The molecule has 1 saturated heterocycles. The molecule has 1 saturated carbocycles. The first-order valence-electron chi connectivity index (χ1n) is 6.82. The summed E-state index contributed by atoms with van der Waals surface area (Å²) in [6.07, 6.45) is 2.16. The Balaban J connectivity index is 2.01. The predicted molar refractivity (Wildman–Crippen MR) is 76.7 cm³/mol. The van der Waals surface area contributed by atoms with Crippen molar-refractivity contribution in [2.45, 2.75) is 51.7 Å². The van der Waals surface area contributed by atoms with Gasteiger partial charge in [0.25, 0.3) is 0 Å². The Morgan fingerprint density at radius 1 is 1.25 bits per heavy atom. The quantitative estimate of drug-likeness (QED) is 0.751. The molecule has 7 heteroatoms. The maximum Gasteiger partial charge on any atom is 0.525 e. The molecule has 0 N–H and O–H groups in total. The lowest BCUT2D eigenvalue weighted by Gasteiger charge is -2.32. The zero-order chi connectivity index (χ0) is 15.3. The normalized spacial score (nSPS) is 28.4. The van der Waals surface area contributed by atoms with Crippen molar-refractivity contribution < 1.29 is 22.1 Å². The van der Waals surface area contributed by atoms with Gasteiger partial charge in [-0.25, -0.2) is 12.8 Å². The molecule has 0 spiro atoms. The third kappa shape index (κ3) is 3.09. The van der Waals surface area contributed by atoms with E-state index in [9.17, 15) is 12.8 Å². The zero-order valence-corrected chi connectivity index (χ0v) is 13.5. The van der Waals surface area contributed by atoms with E-state index in [2.05, 4.69) is 0 Å². The van der Waals surface area contributed by atoms with Gasteiger partial charge in [0.2, 0.25) is 0 Å². The lowest BCUT2D eigenvalue weighted by atomic mass is 9.73. The minimum Gasteiger partial charge on any atom is -0.398 e. The highest BCUT2D eigenvalue weighted by Gasteiger charge is 2.54. The molecule has 1 aliphatic heterocycles. The van der Waals surface area contributed by atoms with Crippen molar-refractivity contribution in [3.63, 3.8) is 0 Å². The average molecular weight is 304 g/mol. The molecular weight excluding hydrogens is 282 g/mol. The molecule has 0 bridgehead atoms. The van der Waals surface area contributed by atoms with Crippen LogP contribution < -0.4 is 0 Å². The Hall–Kier alpha value is -0.395. The van der Waals surface area contributed by atoms with Crippen LogP contribution in [0.4, 0.5) is 4.39 Å². The van der Waals surface area contributed by atoms with Crippen molar-refractivity contribution >= 4 is 17.0 Å². The highest BCUT2D eigenvalue weighted by molar-refractivity contribution is 7.90. The van der Waals surface area contributed by atoms with Gasteiger partial charge in [0, 0.05) is 6.26 Å². The molecule has 2 aliphatic rings. The summed E-state index contributed by atoms with van der Waals surface area (Å²) in [4.78, 5) is 0. The van der Waals surface area contributed by atoms with Gasteiger partial charge in [-0.1, -0.05) is 0 Å². The molecule has 0 aromatic carbocycles. The van der Waals surface area contributed by atoms with Gasteiger partial charge in [-0.15, -0.1) is 0 Å². The largest absolute Gasteiger partial charge is 0.525 e. The van der Waals surface area contributed by atoms with Crippen molar-refractivity contribution in [3.05, 3.63) is 11.3 Å². The van der Waals surface area contributed by atoms with Gasteiger partial charge in [0.05, 0.1) is 17.0 Å². The summed E-state index contributed by atoms with van der Waals surface area (Å²) in [6, 6.07) is 0. The van der Waals surface area contributed by atoms with Crippen LogP contribution >= 0.6 is 0 Å². The van der Waals surface area contributed by atoms with Crippen LogP contribution in [-0.2, 0) is 19.1 Å². The van der Waals surface area contributed by atoms with Crippen LogP contribution in [0.1, 0.15) is 40.5 Å². The predicted octanol–water partition coefficient (Wildman–Crippen LogP) is 2.30. The van der Waals surface area contributed by atoms with Crippen LogP contribution in [-0.4, -0.2) is 38.7 Å². The summed E-state index contributed by atoms with van der Waals surface area (Å²) in [6.45, 7) is 7.49. The summed E-state index contributed by atoms with van der Waals surface area (Å²) >= 11 is 0. The maximum absolute atomic E-state index is 14.3. The maximum atomic E-state index is 14.3. The molecule has 0 atom stereocenters. The van der Waals surface area contributed by atoms with Crippen molar-refractivity contribution in [2.75, 3.05) is 12.0 Å². The van der Waals surface area contributed by atoms with E-state index in [1.54, 1.807) is 0 Å². The van der Waals surface area contributed by atoms with E-state index in [0.717, 1.165) is 0 Å². The molecule has 0 aromatic rings. The number of rotatable bonds is 3. The van der Waals surface area contributed by atoms with Crippen molar-refractivity contribution in [2.24, 2.45) is 5.92 Å². The van der Waals surface area contributed by atoms with E-state index in [1.807, 2.05) is 27.7 Å². The monoisotopic (exact) mass is 304 g/mol. The van der Waals surface area contributed by atoms with E-state index >= 15 is 0 Å². The Morgan fingerprint density at radius 3 is 2.10 bits per heavy atom. The van der Waals surface area contributed by atoms with Crippen LogP contribution in [0.2, 0.25) is 0 Å². The highest BCUT2D eigenvalue weighted by atomic mass is 32.2. The fourth-order valence-electron chi connectivity index (χ4n) is 2.49. The summed E-state index contributed by atoms with van der Waals surface area (Å²) in [5.41, 5.74) is -0.887. The molecule has 0 aromatic heterocycles. The van der Waals surface area contributed by atoms with Crippen LogP contribution in [0.5, 0.6) is 0 Å². The lowest BCUT2D eigenvalue weighted by Crippen LogP contribution is -2.41. The summed E-state index contributed by atoms with van der Waals surface area (Å²) in [5, 5.41) is 0. The molecule has 4 nitrogen and oxygen atoms in total. The fraction of sp³-hybridized carbons (Fsp3) is 0.846. The summed E-state index contributed by atoms with van der Waals surface area (Å²) in [5.74, 6) is 0.140. The number of hydrogen-bond donors (Lipinski definition) is 0. The van der Waals surface area contributed by atoms with Crippen LogP contribution in [0.3, 0.4) is 0 Å². The van der Waals surface area contributed by atoms with E-state index in [1.165, 1.54) is 6.26 Å². The molecule has 114 valence electrons. The van der Waals surface area contributed by atoms with Crippen molar-refractivity contribution in [3.8, 4) is 0 Å². The number of hydrogen-bond acceptors (Lipinski definition) is 4. The minimum absolute atomic E-state index is 0.0215. The lowest BCUT2D eigenvalue weighted by molar-refractivity contribution is 0.00578. The first-order chi connectivity index (χ1) is 8.91. The highest BCUT2D eigenvalue weighted by Crippen LogP contribution is 2.43. The summed E-state index contributed by atoms with van der Waals surface area (Å²) in [7, 11) is -3.96. The topological polar surface area (TPSA) is 52.6 Å². The van der Waals surface area contributed by atoms with Gasteiger partial charge >= 0.3 is 7.12 Å². The molecule has 2 fully saturated rings. The Labute approximate surface area is 120 Å². The summed E-state index contributed by atoms with van der Waals surface area (Å²) < 4.78 is 48.0. The van der Waals surface area contributed by atoms with Gasteiger partial charge in [-0.05, 0) is 52.0 Å². The van der Waals surface area contributed by atoms with Crippen LogP contribution in [0.15, 0.2) is 11.3 Å². The third-order valence-electron chi connectivity index (χ3n) is 4.41. The molecule has 2 rings (SSSR count). The SMILES string of the molecule is CC1(C)OB(C(F)=C2CC(CS(C)(=O)=O)C2)OC1(C)C.